The minimum absolute atomic E-state index is 0.127. The Kier molecular flexibility index (Phi) is 6.97. The molecule has 0 aliphatic carbocycles. The molecule has 0 fully saturated rings. The lowest BCUT2D eigenvalue weighted by Crippen LogP contribution is -2.22. The van der Waals surface area contributed by atoms with E-state index >= 15 is 0 Å². The van der Waals surface area contributed by atoms with E-state index in [4.69, 9.17) is 0 Å². The molecule has 35 heavy (non-hydrogen) atoms. The van der Waals surface area contributed by atoms with E-state index in [2.05, 4.69) is 20.5 Å². The minimum atomic E-state index is -0.293. The molecule has 0 atom stereocenters. The standard InChI is InChI=1S/C26H20FN5OS2/c27-21-7-9-22(10-8-21)32-24(23-2-1-15-34-23)30-31-26(32)35-17-19-3-5-20(6-4-19)25(33)29-16-18-11-13-28-14-12-18/h1-15H,16-17H2,(H,29,33). The summed E-state index contributed by atoms with van der Waals surface area (Å²) in [6.45, 7) is 0.449. The summed E-state index contributed by atoms with van der Waals surface area (Å²) in [6.07, 6.45) is 3.41. The van der Waals surface area contributed by atoms with Crippen molar-refractivity contribution in [1.82, 2.24) is 25.1 Å². The molecule has 1 amide bonds. The van der Waals surface area contributed by atoms with E-state index in [-0.39, 0.29) is 11.7 Å². The zero-order chi connectivity index (χ0) is 24.0. The number of thiophene rings is 1. The third kappa shape index (κ3) is 5.47. The Balaban J connectivity index is 1.29. The van der Waals surface area contributed by atoms with Crippen molar-refractivity contribution in [3.8, 4) is 16.4 Å². The van der Waals surface area contributed by atoms with Crippen molar-refractivity contribution in [3.05, 3.63) is 113 Å². The highest BCUT2D eigenvalue weighted by atomic mass is 32.2. The highest BCUT2D eigenvalue weighted by molar-refractivity contribution is 7.98. The lowest BCUT2D eigenvalue weighted by molar-refractivity contribution is 0.0951. The molecule has 6 nitrogen and oxygen atoms in total. The van der Waals surface area contributed by atoms with Crippen LogP contribution in [0.25, 0.3) is 16.4 Å². The van der Waals surface area contributed by atoms with Crippen LogP contribution in [0.1, 0.15) is 21.5 Å². The van der Waals surface area contributed by atoms with Gasteiger partial charge < -0.3 is 5.32 Å². The van der Waals surface area contributed by atoms with Gasteiger partial charge in [0.2, 0.25) is 0 Å². The normalized spacial score (nSPS) is 10.9. The fourth-order valence-corrected chi connectivity index (χ4v) is 5.04. The van der Waals surface area contributed by atoms with Crippen LogP contribution >= 0.6 is 23.1 Å². The maximum atomic E-state index is 13.5. The van der Waals surface area contributed by atoms with E-state index in [0.717, 1.165) is 27.5 Å². The van der Waals surface area contributed by atoms with Crippen molar-refractivity contribution in [2.75, 3.05) is 0 Å². The highest BCUT2D eigenvalue weighted by Crippen LogP contribution is 2.31. The second-order valence-corrected chi connectivity index (χ2v) is 9.51. The van der Waals surface area contributed by atoms with E-state index in [1.165, 1.54) is 23.9 Å². The van der Waals surface area contributed by atoms with E-state index in [1.807, 2.05) is 58.5 Å². The van der Waals surface area contributed by atoms with Crippen LogP contribution in [-0.4, -0.2) is 25.7 Å². The SMILES string of the molecule is O=C(NCc1ccncc1)c1ccc(CSc2nnc(-c3cccs3)n2-c2ccc(F)cc2)cc1. The van der Waals surface area contributed by atoms with Crippen molar-refractivity contribution in [2.24, 2.45) is 0 Å². The van der Waals surface area contributed by atoms with Gasteiger partial charge in [0.1, 0.15) is 5.82 Å². The number of carbonyl (C=O) groups excluding carboxylic acids is 1. The number of nitrogens with zero attached hydrogens (tertiary/aromatic N) is 4. The molecule has 0 aliphatic rings. The average Bonchev–Trinajstić information content (AvgIpc) is 3.58. The molecular weight excluding hydrogens is 481 g/mol. The van der Waals surface area contributed by atoms with Gasteiger partial charge in [-0.15, -0.1) is 21.5 Å². The van der Waals surface area contributed by atoms with Crippen molar-refractivity contribution in [2.45, 2.75) is 17.5 Å². The second-order valence-electron chi connectivity index (χ2n) is 7.62. The third-order valence-electron chi connectivity index (χ3n) is 5.25. The quantitative estimate of drug-likeness (QED) is 0.274. The predicted molar refractivity (Wildman–Crippen MR) is 136 cm³/mol. The summed E-state index contributed by atoms with van der Waals surface area (Å²) in [6, 6.07) is 21.5. The van der Waals surface area contributed by atoms with Gasteiger partial charge >= 0.3 is 0 Å². The van der Waals surface area contributed by atoms with Crippen LogP contribution in [0.3, 0.4) is 0 Å². The Morgan fingerprint density at radius 3 is 2.43 bits per heavy atom. The molecule has 0 saturated carbocycles. The van der Waals surface area contributed by atoms with Gasteiger partial charge in [0, 0.05) is 35.9 Å². The lowest BCUT2D eigenvalue weighted by Gasteiger charge is -2.10. The second kappa shape index (κ2) is 10.6. The maximum Gasteiger partial charge on any atom is 0.251 e. The lowest BCUT2D eigenvalue weighted by atomic mass is 10.1. The summed E-state index contributed by atoms with van der Waals surface area (Å²) in [5.41, 5.74) is 3.44. The first-order valence-corrected chi connectivity index (χ1v) is 12.7. The molecule has 0 saturated heterocycles. The van der Waals surface area contributed by atoms with Crippen LogP contribution < -0.4 is 5.32 Å². The fraction of sp³-hybridized carbons (Fsp3) is 0.0769. The van der Waals surface area contributed by atoms with Crippen LogP contribution in [0.5, 0.6) is 0 Å². The van der Waals surface area contributed by atoms with Gasteiger partial charge in [-0.3, -0.25) is 14.3 Å². The number of pyridine rings is 1. The number of hydrogen-bond acceptors (Lipinski definition) is 6. The molecule has 1 N–H and O–H groups in total. The van der Waals surface area contributed by atoms with Gasteiger partial charge in [0.25, 0.3) is 5.91 Å². The first kappa shape index (κ1) is 22.9. The third-order valence-corrected chi connectivity index (χ3v) is 7.11. The van der Waals surface area contributed by atoms with E-state index in [9.17, 15) is 9.18 Å². The Morgan fingerprint density at radius 2 is 1.71 bits per heavy atom. The zero-order valence-electron chi connectivity index (χ0n) is 18.5. The summed E-state index contributed by atoms with van der Waals surface area (Å²) in [5.74, 6) is 0.939. The molecule has 5 rings (SSSR count). The van der Waals surface area contributed by atoms with E-state index in [0.29, 0.717) is 23.0 Å². The van der Waals surface area contributed by atoms with Crippen LogP contribution in [0.2, 0.25) is 0 Å². The zero-order valence-corrected chi connectivity index (χ0v) is 20.1. The van der Waals surface area contributed by atoms with Crippen molar-refractivity contribution in [1.29, 1.82) is 0 Å². The number of amides is 1. The van der Waals surface area contributed by atoms with Crippen molar-refractivity contribution >= 4 is 29.0 Å². The van der Waals surface area contributed by atoms with Crippen LogP contribution in [0.4, 0.5) is 4.39 Å². The molecule has 9 heteroatoms. The van der Waals surface area contributed by atoms with Gasteiger partial charge in [-0.25, -0.2) is 4.39 Å². The topological polar surface area (TPSA) is 72.7 Å². The van der Waals surface area contributed by atoms with E-state index < -0.39 is 0 Å². The van der Waals surface area contributed by atoms with Gasteiger partial charge in [-0.1, -0.05) is 30.0 Å². The largest absolute Gasteiger partial charge is 0.348 e. The summed E-state index contributed by atoms with van der Waals surface area (Å²) in [4.78, 5) is 17.4. The monoisotopic (exact) mass is 501 g/mol. The number of hydrogen-bond donors (Lipinski definition) is 1. The smallest absolute Gasteiger partial charge is 0.251 e. The number of carbonyl (C=O) groups is 1. The molecule has 0 unspecified atom stereocenters. The summed E-state index contributed by atoms with van der Waals surface area (Å²) >= 11 is 3.11. The molecular formula is C26H20FN5OS2. The molecule has 3 aromatic heterocycles. The number of benzene rings is 2. The summed E-state index contributed by atoms with van der Waals surface area (Å²) < 4.78 is 15.5. The Hall–Kier alpha value is -3.82. The number of aromatic nitrogens is 4. The van der Waals surface area contributed by atoms with Gasteiger partial charge in [-0.2, -0.15) is 0 Å². The van der Waals surface area contributed by atoms with Gasteiger partial charge in [-0.05, 0) is 71.1 Å². The maximum absolute atomic E-state index is 13.5. The number of thioether (sulfide) groups is 1. The predicted octanol–water partition coefficient (Wildman–Crippen LogP) is 5.75. The molecule has 0 radical (unpaired) electrons. The average molecular weight is 502 g/mol. The molecule has 174 valence electrons. The van der Waals surface area contributed by atoms with Gasteiger partial charge in [0.05, 0.1) is 4.88 Å². The first-order valence-electron chi connectivity index (χ1n) is 10.8. The molecule has 0 bridgehead atoms. The number of nitrogens with one attached hydrogen (secondary N) is 1. The molecule has 3 heterocycles. The first-order chi connectivity index (χ1) is 17.2. The van der Waals surface area contributed by atoms with Crippen molar-refractivity contribution < 1.29 is 9.18 Å². The highest BCUT2D eigenvalue weighted by Gasteiger charge is 2.17. The Labute approximate surface area is 209 Å². The van der Waals surface area contributed by atoms with Gasteiger partial charge in [0.15, 0.2) is 11.0 Å². The molecule has 5 aromatic rings. The summed E-state index contributed by atoms with van der Waals surface area (Å²) in [7, 11) is 0. The minimum Gasteiger partial charge on any atom is -0.348 e. The number of rotatable bonds is 8. The molecule has 0 aliphatic heterocycles. The van der Waals surface area contributed by atoms with Crippen LogP contribution in [0.15, 0.2) is 95.7 Å². The molecule has 2 aromatic carbocycles. The van der Waals surface area contributed by atoms with Crippen molar-refractivity contribution in [3.63, 3.8) is 0 Å². The molecule has 0 spiro atoms. The Bertz CT molecular complexity index is 1400. The number of halogens is 1. The Morgan fingerprint density at radius 1 is 0.943 bits per heavy atom. The van der Waals surface area contributed by atoms with Crippen LogP contribution in [-0.2, 0) is 12.3 Å². The van der Waals surface area contributed by atoms with E-state index in [1.54, 1.807) is 35.9 Å². The summed E-state index contributed by atoms with van der Waals surface area (Å²) in [5, 5.41) is 14.4. The van der Waals surface area contributed by atoms with Crippen LogP contribution in [0, 0.1) is 5.82 Å². The fourth-order valence-electron chi connectivity index (χ4n) is 3.44.